The van der Waals surface area contributed by atoms with Gasteiger partial charge < -0.3 is 10.5 Å². The summed E-state index contributed by atoms with van der Waals surface area (Å²) in [4.78, 5) is 0. The van der Waals surface area contributed by atoms with Crippen LogP contribution in [-0.2, 0) is 19.3 Å². The van der Waals surface area contributed by atoms with Crippen LogP contribution < -0.4 is 10.5 Å². The van der Waals surface area contributed by atoms with Crippen LogP contribution in [0.3, 0.4) is 0 Å². The lowest BCUT2D eigenvalue weighted by Gasteiger charge is -2.09. The average molecular weight is 287 g/mol. The lowest BCUT2D eigenvalue weighted by atomic mass is 10.1. The van der Waals surface area contributed by atoms with Crippen molar-refractivity contribution in [2.45, 2.75) is 40.0 Å². The molecule has 0 radical (unpaired) electrons. The number of hydrogen-bond donors (Lipinski definition) is 1. The Hall–Kier alpha value is -1.81. The number of aromatic nitrogens is 2. The van der Waals surface area contributed by atoms with E-state index in [1.54, 1.807) is 0 Å². The van der Waals surface area contributed by atoms with Crippen molar-refractivity contribution in [3.05, 3.63) is 41.2 Å². The second-order valence-corrected chi connectivity index (χ2v) is 4.96. The van der Waals surface area contributed by atoms with Crippen LogP contribution in [-0.4, -0.2) is 22.9 Å². The maximum absolute atomic E-state index is 5.76. The van der Waals surface area contributed by atoms with Gasteiger partial charge in [-0.3, -0.25) is 0 Å². The van der Waals surface area contributed by atoms with Gasteiger partial charge in [0.05, 0.1) is 18.0 Å². The third-order valence-electron chi connectivity index (χ3n) is 3.63. The topological polar surface area (TPSA) is 53.1 Å². The van der Waals surface area contributed by atoms with Gasteiger partial charge in [0, 0.05) is 5.69 Å². The first kappa shape index (κ1) is 15.6. The molecule has 0 bridgehead atoms. The molecule has 0 saturated heterocycles. The van der Waals surface area contributed by atoms with Crippen LogP contribution in [0.4, 0.5) is 0 Å². The number of hydrogen-bond acceptors (Lipinski definition) is 3. The number of nitrogens with two attached hydrogens (primary N) is 1. The molecule has 2 N–H and O–H groups in total. The highest BCUT2D eigenvalue weighted by Crippen LogP contribution is 2.22. The summed E-state index contributed by atoms with van der Waals surface area (Å²) in [5.74, 6) is 0.893. The Morgan fingerprint density at radius 3 is 2.33 bits per heavy atom. The van der Waals surface area contributed by atoms with Crippen molar-refractivity contribution in [2.75, 3.05) is 13.2 Å². The van der Waals surface area contributed by atoms with Crippen molar-refractivity contribution in [1.29, 1.82) is 0 Å². The summed E-state index contributed by atoms with van der Waals surface area (Å²) in [6.45, 7) is 7.64. The zero-order valence-electron chi connectivity index (χ0n) is 13.2. The molecule has 2 aromatic rings. The second kappa shape index (κ2) is 7.27. The van der Waals surface area contributed by atoms with Gasteiger partial charge in [0.1, 0.15) is 5.75 Å². The maximum atomic E-state index is 5.76. The van der Waals surface area contributed by atoms with Crippen molar-refractivity contribution in [3.8, 4) is 11.4 Å². The molecule has 0 spiro atoms. The Morgan fingerprint density at radius 1 is 1.10 bits per heavy atom. The summed E-state index contributed by atoms with van der Waals surface area (Å²) >= 11 is 0. The van der Waals surface area contributed by atoms with Crippen LogP contribution in [0.25, 0.3) is 5.69 Å². The van der Waals surface area contributed by atoms with Crippen LogP contribution in [0.5, 0.6) is 5.75 Å². The van der Waals surface area contributed by atoms with Crippen molar-refractivity contribution >= 4 is 0 Å². The monoisotopic (exact) mass is 287 g/mol. The van der Waals surface area contributed by atoms with E-state index in [0.29, 0.717) is 13.2 Å². The van der Waals surface area contributed by atoms with Crippen molar-refractivity contribution < 1.29 is 4.74 Å². The van der Waals surface area contributed by atoms with Crippen LogP contribution in [0, 0.1) is 0 Å². The smallest absolute Gasteiger partial charge is 0.119 e. The Kier molecular flexibility index (Phi) is 5.39. The molecule has 4 heteroatoms. The molecule has 2 rings (SSSR count). The average Bonchev–Trinajstić information content (AvgIpc) is 2.86. The van der Waals surface area contributed by atoms with Gasteiger partial charge in [0.25, 0.3) is 0 Å². The predicted molar refractivity (Wildman–Crippen MR) is 86.2 cm³/mol. The molecular weight excluding hydrogens is 262 g/mol. The first-order valence-corrected chi connectivity index (χ1v) is 7.78. The molecule has 4 nitrogen and oxygen atoms in total. The van der Waals surface area contributed by atoms with Gasteiger partial charge >= 0.3 is 0 Å². The molecule has 0 atom stereocenters. The highest BCUT2D eigenvalue weighted by Gasteiger charge is 2.15. The predicted octanol–water partition coefficient (Wildman–Crippen LogP) is 2.90. The summed E-state index contributed by atoms with van der Waals surface area (Å²) in [6, 6.07) is 8.11. The van der Waals surface area contributed by atoms with E-state index in [2.05, 4.69) is 30.7 Å². The van der Waals surface area contributed by atoms with Gasteiger partial charge in [-0.2, -0.15) is 5.10 Å². The quantitative estimate of drug-likeness (QED) is 0.852. The van der Waals surface area contributed by atoms with Gasteiger partial charge in [-0.25, -0.2) is 4.68 Å². The van der Waals surface area contributed by atoms with E-state index in [-0.39, 0.29) is 0 Å². The van der Waals surface area contributed by atoms with E-state index in [4.69, 9.17) is 15.6 Å². The fourth-order valence-corrected chi connectivity index (χ4v) is 2.68. The fraction of sp³-hybridized carbons (Fsp3) is 0.471. The molecule has 0 aliphatic carbocycles. The number of nitrogens with zero attached hydrogens (tertiary/aromatic N) is 2. The van der Waals surface area contributed by atoms with Gasteiger partial charge in [0.15, 0.2) is 0 Å². The molecule has 1 aromatic carbocycles. The van der Waals surface area contributed by atoms with E-state index in [1.807, 2.05) is 19.1 Å². The minimum atomic E-state index is 0.662. The van der Waals surface area contributed by atoms with Gasteiger partial charge in [-0.05, 0) is 62.6 Å². The van der Waals surface area contributed by atoms with E-state index in [9.17, 15) is 0 Å². The van der Waals surface area contributed by atoms with E-state index in [1.165, 1.54) is 11.3 Å². The fourth-order valence-electron chi connectivity index (χ4n) is 2.68. The Bertz CT molecular complexity index is 572. The molecule has 0 amide bonds. The number of ether oxygens (including phenoxy) is 1. The van der Waals surface area contributed by atoms with Crippen molar-refractivity contribution in [2.24, 2.45) is 5.73 Å². The maximum Gasteiger partial charge on any atom is 0.119 e. The van der Waals surface area contributed by atoms with Crippen LogP contribution >= 0.6 is 0 Å². The third-order valence-corrected chi connectivity index (χ3v) is 3.63. The number of rotatable bonds is 7. The Labute approximate surface area is 126 Å². The molecular formula is C17H25N3O. The zero-order chi connectivity index (χ0) is 15.2. The van der Waals surface area contributed by atoms with Crippen LogP contribution in [0.2, 0.25) is 0 Å². The van der Waals surface area contributed by atoms with E-state index >= 15 is 0 Å². The first-order valence-electron chi connectivity index (χ1n) is 7.78. The minimum absolute atomic E-state index is 0.662. The zero-order valence-corrected chi connectivity index (χ0v) is 13.2. The molecule has 21 heavy (non-hydrogen) atoms. The molecule has 114 valence electrons. The molecule has 0 aliphatic rings. The molecule has 0 saturated carbocycles. The van der Waals surface area contributed by atoms with Crippen molar-refractivity contribution in [3.63, 3.8) is 0 Å². The van der Waals surface area contributed by atoms with Crippen LogP contribution in [0.15, 0.2) is 24.3 Å². The van der Waals surface area contributed by atoms with Crippen LogP contribution in [0.1, 0.15) is 37.7 Å². The van der Waals surface area contributed by atoms with Gasteiger partial charge in [-0.15, -0.1) is 0 Å². The largest absolute Gasteiger partial charge is 0.494 e. The summed E-state index contributed by atoms with van der Waals surface area (Å²) < 4.78 is 7.55. The highest BCUT2D eigenvalue weighted by molar-refractivity contribution is 5.41. The van der Waals surface area contributed by atoms with E-state index in [0.717, 1.165) is 36.4 Å². The Balaban J connectivity index is 2.42. The van der Waals surface area contributed by atoms with E-state index < -0.39 is 0 Å². The lowest BCUT2D eigenvalue weighted by Crippen LogP contribution is -2.07. The third kappa shape index (κ3) is 3.27. The SMILES string of the molecule is CCOc1ccc(-n2nc(CC)c(CCN)c2CC)cc1. The molecule has 1 heterocycles. The van der Waals surface area contributed by atoms with Gasteiger partial charge in [0.2, 0.25) is 0 Å². The van der Waals surface area contributed by atoms with Gasteiger partial charge in [-0.1, -0.05) is 13.8 Å². The molecule has 0 aliphatic heterocycles. The first-order chi connectivity index (χ1) is 10.2. The highest BCUT2D eigenvalue weighted by atomic mass is 16.5. The number of aryl methyl sites for hydroxylation is 1. The summed E-state index contributed by atoms with van der Waals surface area (Å²) in [7, 11) is 0. The molecule has 1 aromatic heterocycles. The normalized spacial score (nSPS) is 10.9. The molecule has 0 fully saturated rings. The minimum Gasteiger partial charge on any atom is -0.494 e. The summed E-state index contributed by atoms with van der Waals surface area (Å²) in [5, 5.41) is 4.78. The number of benzene rings is 1. The Morgan fingerprint density at radius 2 is 1.81 bits per heavy atom. The second-order valence-electron chi connectivity index (χ2n) is 4.96. The molecule has 0 unspecified atom stereocenters. The standard InChI is InChI=1S/C17H25N3O/c1-4-16-15(11-12-18)17(5-2)20(19-16)13-7-9-14(10-8-13)21-6-3/h7-10H,4-6,11-12,18H2,1-3H3. The summed E-state index contributed by atoms with van der Waals surface area (Å²) in [6.07, 6.45) is 2.78. The lowest BCUT2D eigenvalue weighted by molar-refractivity contribution is 0.340. The summed E-state index contributed by atoms with van der Waals surface area (Å²) in [5.41, 5.74) is 10.6. The van der Waals surface area contributed by atoms with Crippen molar-refractivity contribution in [1.82, 2.24) is 9.78 Å².